The third-order valence-electron chi connectivity index (χ3n) is 4.01. The molecule has 114 valence electrons. The van der Waals surface area contributed by atoms with E-state index in [1.165, 1.54) is 0 Å². The number of hydrogen-bond donors (Lipinski definition) is 1. The van der Waals surface area contributed by atoms with Crippen LogP contribution in [-0.4, -0.2) is 17.9 Å². The van der Waals surface area contributed by atoms with Gasteiger partial charge in [-0.15, -0.1) is 11.3 Å². The molecule has 1 atom stereocenters. The molecule has 0 saturated heterocycles. The van der Waals surface area contributed by atoms with Crippen LogP contribution in [0.4, 0.5) is 5.69 Å². The largest absolute Gasteiger partial charge is 0.349 e. The van der Waals surface area contributed by atoms with Crippen molar-refractivity contribution in [1.82, 2.24) is 10.3 Å². The van der Waals surface area contributed by atoms with Gasteiger partial charge in [-0.3, -0.25) is 4.79 Å². The van der Waals surface area contributed by atoms with Gasteiger partial charge in [-0.25, -0.2) is 4.98 Å². The number of carbonyl (C=O) groups is 1. The van der Waals surface area contributed by atoms with Crippen molar-refractivity contribution < 1.29 is 4.79 Å². The summed E-state index contributed by atoms with van der Waals surface area (Å²) < 4.78 is 0. The van der Waals surface area contributed by atoms with Gasteiger partial charge in [-0.2, -0.15) is 0 Å². The highest BCUT2D eigenvalue weighted by Gasteiger charge is 2.30. The number of benzene rings is 2. The molecule has 5 heteroatoms. The van der Waals surface area contributed by atoms with E-state index in [1.807, 2.05) is 67.0 Å². The number of nitrogens with one attached hydrogen (secondary N) is 1. The maximum atomic E-state index is 12.3. The molecule has 1 aliphatic heterocycles. The summed E-state index contributed by atoms with van der Waals surface area (Å²) in [6, 6.07) is 17.7. The molecule has 0 bridgehead atoms. The van der Waals surface area contributed by atoms with Gasteiger partial charge in [0.1, 0.15) is 11.2 Å². The highest BCUT2D eigenvalue weighted by Crippen LogP contribution is 2.33. The lowest BCUT2D eigenvalue weighted by Crippen LogP contribution is -2.44. The Morgan fingerprint density at radius 3 is 2.65 bits per heavy atom. The Balaban J connectivity index is 1.70. The van der Waals surface area contributed by atoms with Gasteiger partial charge in [0, 0.05) is 18.0 Å². The summed E-state index contributed by atoms with van der Waals surface area (Å²) in [5, 5.41) is 6.01. The molecule has 4 rings (SSSR count). The minimum Gasteiger partial charge on any atom is -0.349 e. The molecule has 0 spiro atoms. The van der Waals surface area contributed by atoms with E-state index in [1.54, 1.807) is 11.3 Å². The molecule has 3 aromatic rings. The van der Waals surface area contributed by atoms with E-state index in [-0.39, 0.29) is 12.1 Å². The third-order valence-corrected chi connectivity index (χ3v) is 4.92. The first-order chi connectivity index (χ1) is 11.2. The quantitative estimate of drug-likeness (QED) is 0.783. The van der Waals surface area contributed by atoms with Gasteiger partial charge in [0.15, 0.2) is 0 Å². The molecule has 1 amide bonds. The average Bonchev–Trinajstić information content (AvgIpc) is 3.09. The average molecular weight is 321 g/mol. The third kappa shape index (κ3) is 2.39. The molecule has 1 N–H and O–H groups in total. The van der Waals surface area contributed by atoms with Crippen molar-refractivity contribution in [2.75, 3.05) is 11.9 Å². The van der Waals surface area contributed by atoms with Crippen molar-refractivity contribution in [2.45, 2.75) is 6.17 Å². The van der Waals surface area contributed by atoms with Crippen molar-refractivity contribution in [3.63, 3.8) is 0 Å². The van der Waals surface area contributed by atoms with Gasteiger partial charge in [0.2, 0.25) is 0 Å². The molecule has 1 aromatic heterocycles. The second-order valence-corrected chi connectivity index (χ2v) is 6.31. The van der Waals surface area contributed by atoms with E-state index in [0.29, 0.717) is 5.56 Å². The smallest absolute Gasteiger partial charge is 0.255 e. The Hall–Kier alpha value is -2.66. The first-order valence-corrected chi connectivity index (χ1v) is 8.25. The van der Waals surface area contributed by atoms with Crippen LogP contribution >= 0.6 is 11.3 Å². The van der Waals surface area contributed by atoms with Crippen LogP contribution in [0.1, 0.15) is 22.2 Å². The first kappa shape index (κ1) is 14.0. The molecule has 0 unspecified atom stereocenters. The van der Waals surface area contributed by atoms with E-state index >= 15 is 0 Å². The maximum absolute atomic E-state index is 12.3. The highest BCUT2D eigenvalue weighted by atomic mass is 32.1. The van der Waals surface area contributed by atoms with Gasteiger partial charge in [-0.05, 0) is 12.1 Å². The van der Waals surface area contributed by atoms with E-state index in [9.17, 15) is 4.79 Å². The Bertz CT molecular complexity index is 859. The van der Waals surface area contributed by atoms with Gasteiger partial charge < -0.3 is 10.2 Å². The predicted octanol–water partition coefficient (Wildman–Crippen LogP) is 3.69. The number of amides is 1. The minimum atomic E-state index is -0.244. The molecular weight excluding hydrogens is 306 g/mol. The molecule has 2 heterocycles. The van der Waals surface area contributed by atoms with Crippen LogP contribution in [0.25, 0.3) is 10.6 Å². The Kier molecular flexibility index (Phi) is 3.35. The van der Waals surface area contributed by atoms with Crippen LogP contribution in [0.5, 0.6) is 0 Å². The maximum Gasteiger partial charge on any atom is 0.255 e. The number of rotatable bonds is 2. The van der Waals surface area contributed by atoms with Crippen LogP contribution in [0.15, 0.2) is 60.0 Å². The first-order valence-electron chi connectivity index (χ1n) is 7.37. The van der Waals surface area contributed by atoms with Crippen LogP contribution in [-0.2, 0) is 0 Å². The van der Waals surface area contributed by atoms with E-state index in [4.69, 9.17) is 4.98 Å². The number of carbonyl (C=O) groups excluding carboxylic acids is 1. The fourth-order valence-electron chi connectivity index (χ4n) is 2.81. The molecule has 1 aliphatic rings. The zero-order valence-corrected chi connectivity index (χ0v) is 13.4. The van der Waals surface area contributed by atoms with Gasteiger partial charge in [0.25, 0.3) is 5.91 Å². The minimum absolute atomic E-state index is 0.0574. The van der Waals surface area contributed by atoms with Crippen molar-refractivity contribution in [2.24, 2.45) is 0 Å². The van der Waals surface area contributed by atoms with Crippen LogP contribution in [0, 0.1) is 0 Å². The number of fused-ring (bicyclic) bond motifs is 1. The molecule has 0 saturated carbocycles. The molecule has 2 aromatic carbocycles. The SMILES string of the molecule is CN1c2ccccc2C(=O)N[C@@H]1c1csc(-c2ccccc2)n1. The van der Waals surface area contributed by atoms with Crippen molar-refractivity contribution in [3.8, 4) is 10.6 Å². The fourth-order valence-corrected chi connectivity index (χ4v) is 3.65. The van der Waals surface area contributed by atoms with Crippen molar-refractivity contribution in [1.29, 1.82) is 0 Å². The summed E-state index contributed by atoms with van der Waals surface area (Å²) in [5.74, 6) is -0.0574. The number of aromatic nitrogens is 1. The van der Waals surface area contributed by atoms with E-state index in [2.05, 4.69) is 10.2 Å². The lowest BCUT2D eigenvalue weighted by Gasteiger charge is -2.35. The number of thiazole rings is 1. The molecule has 4 nitrogen and oxygen atoms in total. The van der Waals surface area contributed by atoms with Crippen LogP contribution in [0.3, 0.4) is 0 Å². The highest BCUT2D eigenvalue weighted by molar-refractivity contribution is 7.13. The van der Waals surface area contributed by atoms with Crippen LogP contribution < -0.4 is 10.2 Å². The Morgan fingerprint density at radius 1 is 1.09 bits per heavy atom. The van der Waals surface area contributed by atoms with E-state index in [0.717, 1.165) is 22.0 Å². The second-order valence-electron chi connectivity index (χ2n) is 5.45. The van der Waals surface area contributed by atoms with E-state index < -0.39 is 0 Å². The Morgan fingerprint density at radius 2 is 1.83 bits per heavy atom. The normalized spacial score (nSPS) is 16.8. The summed E-state index contributed by atoms with van der Waals surface area (Å²) in [5.41, 5.74) is 3.58. The summed E-state index contributed by atoms with van der Waals surface area (Å²) >= 11 is 1.59. The second kappa shape index (κ2) is 5.52. The summed E-state index contributed by atoms with van der Waals surface area (Å²) in [7, 11) is 1.98. The molecular formula is C18H15N3OS. The molecule has 0 aliphatic carbocycles. The number of nitrogens with zero attached hydrogens (tertiary/aromatic N) is 2. The number of para-hydroxylation sites is 1. The standard InChI is InChI=1S/C18H15N3OS/c1-21-15-10-6-5-9-13(15)17(22)20-16(21)14-11-23-18(19-14)12-7-3-2-4-8-12/h2-11,16H,1H3,(H,20,22)/t16-/m0/s1. The fraction of sp³-hybridized carbons (Fsp3) is 0.111. The van der Waals surface area contributed by atoms with Gasteiger partial charge >= 0.3 is 0 Å². The van der Waals surface area contributed by atoms with Crippen molar-refractivity contribution >= 4 is 22.9 Å². The number of hydrogen-bond acceptors (Lipinski definition) is 4. The number of anilines is 1. The van der Waals surface area contributed by atoms with Gasteiger partial charge in [0.05, 0.1) is 16.9 Å². The zero-order chi connectivity index (χ0) is 15.8. The zero-order valence-electron chi connectivity index (χ0n) is 12.6. The molecule has 0 fully saturated rings. The predicted molar refractivity (Wildman–Crippen MR) is 92.6 cm³/mol. The lowest BCUT2D eigenvalue weighted by atomic mass is 10.1. The monoisotopic (exact) mass is 321 g/mol. The summed E-state index contributed by atoms with van der Waals surface area (Å²) in [6.45, 7) is 0. The van der Waals surface area contributed by atoms with Crippen molar-refractivity contribution in [3.05, 3.63) is 71.2 Å². The topological polar surface area (TPSA) is 45.2 Å². The summed E-state index contributed by atoms with van der Waals surface area (Å²) in [4.78, 5) is 19.1. The molecule has 23 heavy (non-hydrogen) atoms. The Labute approximate surface area is 138 Å². The summed E-state index contributed by atoms with van der Waals surface area (Å²) in [6.07, 6.45) is -0.244. The van der Waals surface area contributed by atoms with Gasteiger partial charge in [-0.1, -0.05) is 42.5 Å². The lowest BCUT2D eigenvalue weighted by molar-refractivity contribution is 0.0927. The van der Waals surface area contributed by atoms with Crippen LogP contribution in [0.2, 0.25) is 0 Å². The molecule has 0 radical (unpaired) electrons.